The van der Waals surface area contributed by atoms with Gasteiger partial charge in [0.15, 0.2) is 0 Å². The molecule has 2 rings (SSSR count). The summed E-state index contributed by atoms with van der Waals surface area (Å²) in [4.78, 5) is 11.5. The Bertz CT molecular complexity index is 418. The van der Waals surface area contributed by atoms with Gasteiger partial charge in [-0.25, -0.2) is 0 Å². The maximum atomic E-state index is 11.5. The third-order valence-electron chi connectivity index (χ3n) is 3.47. The smallest absolute Gasteiger partial charge is 0.250 e. The van der Waals surface area contributed by atoms with Crippen LogP contribution in [0.4, 0.5) is 0 Å². The third kappa shape index (κ3) is 3.89. The van der Waals surface area contributed by atoms with Crippen LogP contribution in [0.15, 0.2) is 29.2 Å². The van der Waals surface area contributed by atoms with Gasteiger partial charge in [-0.05, 0) is 31.1 Å². The van der Waals surface area contributed by atoms with Crippen LogP contribution in [0.5, 0.6) is 0 Å². The molecule has 1 aliphatic carbocycles. The minimum absolute atomic E-state index is 0.0881. The summed E-state index contributed by atoms with van der Waals surface area (Å²) in [6.07, 6.45) is 5.75. The number of hydrogen-bond acceptors (Lipinski definition) is 3. The molecule has 0 radical (unpaired) electrons. The Morgan fingerprint density at radius 1 is 1.44 bits per heavy atom. The van der Waals surface area contributed by atoms with Gasteiger partial charge in [-0.2, -0.15) is 11.8 Å². The highest BCUT2D eigenvalue weighted by molar-refractivity contribution is 7.99. The van der Waals surface area contributed by atoms with Crippen LogP contribution in [0.3, 0.4) is 0 Å². The molecule has 0 amide bonds. The van der Waals surface area contributed by atoms with E-state index in [0.29, 0.717) is 6.04 Å². The SMILES string of the molecule is CCSC1CCC(NCCn2ccccc2=O)C1. The largest absolute Gasteiger partial charge is 0.314 e. The lowest BCUT2D eigenvalue weighted by molar-refractivity contribution is 0.493. The first-order valence-corrected chi connectivity index (χ1v) is 7.85. The molecule has 0 spiro atoms. The minimum atomic E-state index is 0.0881. The van der Waals surface area contributed by atoms with E-state index >= 15 is 0 Å². The molecule has 1 heterocycles. The molecule has 1 N–H and O–H groups in total. The maximum Gasteiger partial charge on any atom is 0.250 e. The average Bonchev–Trinajstić information content (AvgIpc) is 2.80. The molecule has 1 aromatic heterocycles. The molecule has 1 aliphatic rings. The fourth-order valence-electron chi connectivity index (χ4n) is 2.55. The lowest BCUT2D eigenvalue weighted by Gasteiger charge is -2.13. The molecule has 0 aromatic carbocycles. The Labute approximate surface area is 113 Å². The van der Waals surface area contributed by atoms with E-state index in [0.717, 1.165) is 18.3 Å². The predicted molar refractivity (Wildman–Crippen MR) is 78.3 cm³/mol. The van der Waals surface area contributed by atoms with E-state index in [4.69, 9.17) is 0 Å². The van der Waals surface area contributed by atoms with Crippen LogP contribution >= 0.6 is 11.8 Å². The van der Waals surface area contributed by atoms with E-state index in [1.165, 1.54) is 25.0 Å². The van der Waals surface area contributed by atoms with Gasteiger partial charge in [-0.15, -0.1) is 0 Å². The van der Waals surface area contributed by atoms with Crippen LogP contribution < -0.4 is 10.9 Å². The Balaban J connectivity index is 1.70. The Hall–Kier alpha value is -0.740. The van der Waals surface area contributed by atoms with Gasteiger partial charge < -0.3 is 9.88 Å². The second-order valence-corrected chi connectivity index (χ2v) is 6.35. The summed E-state index contributed by atoms with van der Waals surface area (Å²) in [6, 6.07) is 5.96. The third-order valence-corrected chi connectivity index (χ3v) is 4.70. The molecular weight excluding hydrogens is 244 g/mol. The summed E-state index contributed by atoms with van der Waals surface area (Å²) in [6.45, 7) is 3.88. The zero-order valence-electron chi connectivity index (χ0n) is 11.0. The lowest BCUT2D eigenvalue weighted by atomic mass is 10.2. The molecule has 4 heteroatoms. The summed E-state index contributed by atoms with van der Waals surface area (Å²) in [5.41, 5.74) is 0.0881. The van der Waals surface area contributed by atoms with Gasteiger partial charge in [0.2, 0.25) is 0 Å². The first kappa shape index (κ1) is 13.7. The molecule has 18 heavy (non-hydrogen) atoms. The molecule has 0 bridgehead atoms. The quantitative estimate of drug-likeness (QED) is 0.856. The van der Waals surface area contributed by atoms with E-state index in [2.05, 4.69) is 24.0 Å². The van der Waals surface area contributed by atoms with Crippen LogP contribution in [-0.4, -0.2) is 28.2 Å². The van der Waals surface area contributed by atoms with E-state index in [9.17, 15) is 4.79 Å². The molecule has 2 atom stereocenters. The summed E-state index contributed by atoms with van der Waals surface area (Å²) >= 11 is 2.08. The van der Waals surface area contributed by atoms with Crippen LogP contribution in [0.1, 0.15) is 26.2 Å². The van der Waals surface area contributed by atoms with Crippen molar-refractivity contribution in [2.45, 2.75) is 44.0 Å². The van der Waals surface area contributed by atoms with Crippen molar-refractivity contribution in [3.05, 3.63) is 34.7 Å². The summed E-state index contributed by atoms with van der Waals surface area (Å²) < 4.78 is 1.76. The highest BCUT2D eigenvalue weighted by atomic mass is 32.2. The monoisotopic (exact) mass is 266 g/mol. The van der Waals surface area contributed by atoms with Gasteiger partial charge in [0.05, 0.1) is 0 Å². The van der Waals surface area contributed by atoms with Gasteiger partial charge >= 0.3 is 0 Å². The Morgan fingerprint density at radius 2 is 2.33 bits per heavy atom. The number of pyridine rings is 1. The van der Waals surface area contributed by atoms with Crippen molar-refractivity contribution in [3.63, 3.8) is 0 Å². The van der Waals surface area contributed by atoms with Gasteiger partial charge in [-0.3, -0.25) is 4.79 Å². The molecule has 1 aromatic rings. The van der Waals surface area contributed by atoms with Gasteiger partial charge in [0.25, 0.3) is 5.56 Å². The van der Waals surface area contributed by atoms with Crippen LogP contribution in [0.25, 0.3) is 0 Å². The van der Waals surface area contributed by atoms with Crippen molar-refractivity contribution < 1.29 is 0 Å². The second kappa shape index (κ2) is 7.00. The van der Waals surface area contributed by atoms with Crippen molar-refractivity contribution in [1.82, 2.24) is 9.88 Å². The number of thioether (sulfide) groups is 1. The molecule has 1 saturated carbocycles. The first-order valence-electron chi connectivity index (χ1n) is 6.80. The van der Waals surface area contributed by atoms with Gasteiger partial charge in [0, 0.05) is 36.6 Å². The summed E-state index contributed by atoms with van der Waals surface area (Å²) in [5.74, 6) is 1.22. The van der Waals surface area contributed by atoms with E-state index < -0.39 is 0 Å². The highest BCUT2D eigenvalue weighted by Crippen LogP contribution is 2.29. The molecule has 100 valence electrons. The van der Waals surface area contributed by atoms with Crippen molar-refractivity contribution >= 4 is 11.8 Å². The van der Waals surface area contributed by atoms with Gasteiger partial charge in [-0.1, -0.05) is 13.0 Å². The fourth-order valence-corrected chi connectivity index (χ4v) is 3.69. The molecular formula is C14H22N2OS. The Morgan fingerprint density at radius 3 is 3.11 bits per heavy atom. The maximum absolute atomic E-state index is 11.5. The fraction of sp³-hybridized carbons (Fsp3) is 0.643. The standard InChI is InChI=1S/C14H22N2OS/c1-2-18-13-7-6-12(11-13)15-8-10-16-9-4-3-5-14(16)17/h3-5,9,12-13,15H,2,6-8,10-11H2,1H3. The van der Waals surface area contributed by atoms with Crippen molar-refractivity contribution in [2.24, 2.45) is 0 Å². The van der Waals surface area contributed by atoms with E-state index in [1.54, 1.807) is 16.7 Å². The molecule has 3 nitrogen and oxygen atoms in total. The zero-order valence-corrected chi connectivity index (χ0v) is 11.8. The zero-order chi connectivity index (χ0) is 12.8. The second-order valence-electron chi connectivity index (χ2n) is 4.77. The average molecular weight is 266 g/mol. The van der Waals surface area contributed by atoms with E-state index in [1.807, 2.05) is 12.3 Å². The molecule has 1 fully saturated rings. The minimum Gasteiger partial charge on any atom is -0.314 e. The van der Waals surface area contributed by atoms with Crippen molar-refractivity contribution in [3.8, 4) is 0 Å². The topological polar surface area (TPSA) is 34.0 Å². The van der Waals surface area contributed by atoms with Crippen molar-refractivity contribution in [1.29, 1.82) is 0 Å². The highest BCUT2D eigenvalue weighted by Gasteiger charge is 2.23. The molecule has 2 unspecified atom stereocenters. The van der Waals surface area contributed by atoms with Crippen LogP contribution in [0.2, 0.25) is 0 Å². The van der Waals surface area contributed by atoms with Crippen molar-refractivity contribution in [2.75, 3.05) is 12.3 Å². The number of nitrogens with zero attached hydrogens (tertiary/aromatic N) is 1. The summed E-state index contributed by atoms with van der Waals surface area (Å²) in [7, 11) is 0. The van der Waals surface area contributed by atoms with Crippen LogP contribution in [0, 0.1) is 0 Å². The molecule has 0 saturated heterocycles. The van der Waals surface area contributed by atoms with Gasteiger partial charge in [0.1, 0.15) is 0 Å². The first-order chi connectivity index (χ1) is 8.79. The lowest BCUT2D eigenvalue weighted by Crippen LogP contribution is -2.32. The van der Waals surface area contributed by atoms with Crippen LogP contribution in [-0.2, 0) is 6.54 Å². The number of nitrogens with one attached hydrogen (secondary N) is 1. The Kier molecular flexibility index (Phi) is 5.32. The number of hydrogen-bond donors (Lipinski definition) is 1. The predicted octanol–water partition coefficient (Wildman–Crippen LogP) is 2.11. The normalized spacial score (nSPS) is 23.4. The summed E-state index contributed by atoms with van der Waals surface area (Å²) in [5, 5.41) is 4.41. The number of rotatable bonds is 6. The molecule has 0 aliphatic heterocycles. The van der Waals surface area contributed by atoms with E-state index in [-0.39, 0.29) is 5.56 Å². The number of aromatic nitrogens is 1.